The summed E-state index contributed by atoms with van der Waals surface area (Å²) < 4.78 is 10.1. The number of anilines is 2. The Labute approximate surface area is 169 Å². The second-order valence-electron chi connectivity index (χ2n) is 5.81. The highest BCUT2D eigenvalue weighted by atomic mass is 35.5. The first kappa shape index (κ1) is 21.3. The summed E-state index contributed by atoms with van der Waals surface area (Å²) in [4.78, 5) is 25.0. The third-order valence-electron chi connectivity index (χ3n) is 3.64. The van der Waals surface area contributed by atoms with E-state index in [0.717, 1.165) is 5.56 Å². The minimum absolute atomic E-state index is 0.125. The van der Waals surface area contributed by atoms with E-state index < -0.39 is 11.9 Å². The monoisotopic (exact) mass is 402 g/mol. The van der Waals surface area contributed by atoms with Gasteiger partial charge in [0.25, 0.3) is 0 Å². The quantitative estimate of drug-likeness (QED) is 0.293. The van der Waals surface area contributed by atoms with Crippen LogP contribution >= 0.6 is 11.6 Å². The second-order valence-corrected chi connectivity index (χ2v) is 6.25. The average molecular weight is 403 g/mol. The van der Waals surface area contributed by atoms with Crippen molar-refractivity contribution < 1.29 is 19.1 Å². The molecule has 0 heterocycles. The number of rotatable bonds is 8. The van der Waals surface area contributed by atoms with Crippen LogP contribution in [0, 0.1) is 6.92 Å². The summed E-state index contributed by atoms with van der Waals surface area (Å²) in [7, 11) is 0. The van der Waals surface area contributed by atoms with Gasteiger partial charge in [0.15, 0.2) is 5.57 Å². The summed E-state index contributed by atoms with van der Waals surface area (Å²) in [6.07, 6.45) is 0. The Balaban J connectivity index is 2.50. The lowest BCUT2D eigenvalue weighted by Gasteiger charge is -2.18. The normalized spacial score (nSPS) is 10.0. The Morgan fingerprint density at radius 2 is 1.25 bits per heavy atom. The first-order valence-corrected chi connectivity index (χ1v) is 9.27. The van der Waals surface area contributed by atoms with Crippen molar-refractivity contribution in [3.8, 4) is 0 Å². The van der Waals surface area contributed by atoms with Gasteiger partial charge in [0, 0.05) is 16.4 Å². The standard InChI is InChI=1S/C21H23ClN2O4/c1-4-27-20(25)18(21(26)28-5-2)19(23-16-10-6-14(3)7-11-16)24-17-12-8-15(22)9-13-17/h6-13,23-24H,4-5H2,1-3H3. The molecule has 0 aromatic heterocycles. The van der Waals surface area contributed by atoms with Crippen LogP contribution in [0.5, 0.6) is 0 Å². The van der Waals surface area contributed by atoms with Crippen molar-refractivity contribution >= 4 is 34.9 Å². The lowest BCUT2D eigenvalue weighted by Crippen LogP contribution is -2.26. The Morgan fingerprint density at radius 1 is 0.821 bits per heavy atom. The minimum Gasteiger partial charge on any atom is -0.462 e. The second kappa shape index (κ2) is 10.4. The number of esters is 2. The van der Waals surface area contributed by atoms with Crippen molar-refractivity contribution in [2.45, 2.75) is 20.8 Å². The van der Waals surface area contributed by atoms with Crippen LogP contribution in [0.25, 0.3) is 0 Å². The number of aryl methyl sites for hydroxylation is 1. The molecule has 0 aliphatic rings. The Bertz CT molecular complexity index is 776. The fourth-order valence-corrected chi connectivity index (χ4v) is 2.44. The van der Waals surface area contributed by atoms with E-state index in [-0.39, 0.29) is 24.6 Å². The van der Waals surface area contributed by atoms with Gasteiger partial charge in [-0.1, -0.05) is 29.3 Å². The van der Waals surface area contributed by atoms with Gasteiger partial charge in [-0.2, -0.15) is 0 Å². The maximum atomic E-state index is 12.5. The summed E-state index contributed by atoms with van der Waals surface area (Å²) >= 11 is 5.94. The molecular weight excluding hydrogens is 380 g/mol. The molecule has 0 spiro atoms. The van der Waals surface area contributed by atoms with Crippen LogP contribution in [0.2, 0.25) is 5.02 Å². The highest BCUT2D eigenvalue weighted by molar-refractivity contribution is 6.30. The summed E-state index contributed by atoms with van der Waals surface area (Å²) in [5.74, 6) is -1.41. The van der Waals surface area contributed by atoms with Crippen molar-refractivity contribution in [1.29, 1.82) is 0 Å². The first-order valence-electron chi connectivity index (χ1n) is 8.89. The predicted molar refractivity (Wildman–Crippen MR) is 110 cm³/mol. The molecule has 2 rings (SSSR count). The van der Waals surface area contributed by atoms with Crippen molar-refractivity contribution in [3.05, 3.63) is 70.5 Å². The molecule has 6 nitrogen and oxygen atoms in total. The molecule has 0 saturated heterocycles. The maximum Gasteiger partial charge on any atom is 0.349 e. The summed E-state index contributed by atoms with van der Waals surface area (Å²) in [6.45, 7) is 5.55. The fraction of sp³-hybridized carbons (Fsp3) is 0.238. The zero-order chi connectivity index (χ0) is 20.5. The molecule has 0 amide bonds. The van der Waals surface area contributed by atoms with Gasteiger partial charge in [0.1, 0.15) is 5.82 Å². The highest BCUT2D eigenvalue weighted by Gasteiger charge is 2.27. The molecule has 2 N–H and O–H groups in total. The summed E-state index contributed by atoms with van der Waals surface area (Å²) in [6, 6.07) is 14.4. The van der Waals surface area contributed by atoms with Crippen molar-refractivity contribution in [3.63, 3.8) is 0 Å². The van der Waals surface area contributed by atoms with Gasteiger partial charge in [-0.05, 0) is 57.2 Å². The topological polar surface area (TPSA) is 76.7 Å². The van der Waals surface area contributed by atoms with Gasteiger partial charge in [-0.15, -0.1) is 0 Å². The highest BCUT2D eigenvalue weighted by Crippen LogP contribution is 2.20. The van der Waals surface area contributed by atoms with Crippen molar-refractivity contribution in [1.82, 2.24) is 0 Å². The number of hydrogen-bond acceptors (Lipinski definition) is 6. The lowest BCUT2D eigenvalue weighted by molar-refractivity contribution is -0.146. The Kier molecular flexibility index (Phi) is 7.89. The van der Waals surface area contributed by atoms with E-state index in [1.165, 1.54) is 0 Å². The molecule has 0 bridgehead atoms. The van der Waals surface area contributed by atoms with Gasteiger partial charge in [-0.25, -0.2) is 9.59 Å². The zero-order valence-corrected chi connectivity index (χ0v) is 16.8. The summed E-state index contributed by atoms with van der Waals surface area (Å²) in [5.41, 5.74) is 2.15. The SMILES string of the molecule is CCOC(=O)C(C(=O)OCC)=C(Nc1ccc(C)cc1)Nc1ccc(Cl)cc1. The van der Waals surface area contributed by atoms with Gasteiger partial charge >= 0.3 is 11.9 Å². The molecule has 0 atom stereocenters. The van der Waals surface area contributed by atoms with Crippen LogP contribution in [-0.2, 0) is 19.1 Å². The molecular formula is C21H23ClN2O4. The molecule has 0 radical (unpaired) electrons. The van der Waals surface area contributed by atoms with E-state index in [4.69, 9.17) is 21.1 Å². The molecule has 7 heteroatoms. The molecule has 0 fully saturated rings. The Morgan fingerprint density at radius 3 is 1.68 bits per heavy atom. The van der Waals surface area contributed by atoms with Crippen molar-refractivity contribution in [2.75, 3.05) is 23.8 Å². The van der Waals surface area contributed by atoms with E-state index in [0.29, 0.717) is 16.4 Å². The molecule has 0 saturated carbocycles. The van der Waals surface area contributed by atoms with Gasteiger partial charge in [-0.3, -0.25) is 0 Å². The van der Waals surface area contributed by atoms with Crippen LogP contribution in [0.4, 0.5) is 11.4 Å². The van der Waals surface area contributed by atoms with Crippen LogP contribution in [0.3, 0.4) is 0 Å². The molecule has 2 aromatic carbocycles. The summed E-state index contributed by atoms with van der Waals surface area (Å²) in [5, 5.41) is 6.71. The largest absolute Gasteiger partial charge is 0.462 e. The van der Waals surface area contributed by atoms with E-state index in [2.05, 4.69) is 10.6 Å². The molecule has 148 valence electrons. The number of benzene rings is 2. The van der Waals surface area contributed by atoms with Crippen molar-refractivity contribution in [2.24, 2.45) is 0 Å². The van der Waals surface area contributed by atoms with E-state index in [9.17, 15) is 9.59 Å². The third kappa shape index (κ3) is 6.03. The molecule has 0 aliphatic carbocycles. The third-order valence-corrected chi connectivity index (χ3v) is 3.90. The van der Waals surface area contributed by atoms with E-state index in [1.807, 2.05) is 31.2 Å². The maximum absolute atomic E-state index is 12.5. The average Bonchev–Trinajstić information content (AvgIpc) is 2.66. The van der Waals surface area contributed by atoms with Crippen LogP contribution in [0.1, 0.15) is 19.4 Å². The van der Waals surface area contributed by atoms with E-state index in [1.54, 1.807) is 38.1 Å². The van der Waals surface area contributed by atoms with E-state index >= 15 is 0 Å². The fourth-order valence-electron chi connectivity index (χ4n) is 2.31. The minimum atomic E-state index is -0.781. The number of hydrogen-bond donors (Lipinski definition) is 2. The van der Waals surface area contributed by atoms with Gasteiger partial charge in [0.05, 0.1) is 13.2 Å². The number of carbonyl (C=O) groups is 2. The van der Waals surface area contributed by atoms with Crippen LogP contribution in [0.15, 0.2) is 59.9 Å². The number of halogens is 1. The lowest BCUT2D eigenvalue weighted by atomic mass is 10.2. The number of ether oxygens (including phenoxy) is 2. The van der Waals surface area contributed by atoms with Crippen LogP contribution < -0.4 is 10.6 Å². The molecule has 0 aliphatic heterocycles. The zero-order valence-electron chi connectivity index (χ0n) is 16.0. The van der Waals surface area contributed by atoms with Gasteiger partial charge < -0.3 is 20.1 Å². The molecule has 2 aromatic rings. The molecule has 0 unspecified atom stereocenters. The Hall–Kier alpha value is -2.99. The predicted octanol–water partition coefficient (Wildman–Crippen LogP) is 4.51. The number of nitrogens with one attached hydrogen (secondary N) is 2. The number of carbonyl (C=O) groups excluding carboxylic acids is 2. The van der Waals surface area contributed by atoms with Crippen LogP contribution in [-0.4, -0.2) is 25.2 Å². The van der Waals surface area contributed by atoms with Gasteiger partial charge in [0.2, 0.25) is 0 Å². The molecule has 28 heavy (non-hydrogen) atoms. The first-order chi connectivity index (χ1) is 13.4. The smallest absolute Gasteiger partial charge is 0.349 e.